The van der Waals surface area contributed by atoms with Crippen LogP contribution in [0, 0.1) is 0 Å². The Morgan fingerprint density at radius 2 is 0.942 bits per heavy atom. The summed E-state index contributed by atoms with van der Waals surface area (Å²) in [5, 5.41) is 7.06. The molecular formula is C50H33NO. The monoisotopic (exact) mass is 663 g/mol. The second-order valence-corrected chi connectivity index (χ2v) is 13.3. The average molecular weight is 664 g/mol. The van der Waals surface area contributed by atoms with Gasteiger partial charge in [0.05, 0.1) is 16.8 Å². The molecule has 244 valence electrons. The molecule has 0 aliphatic heterocycles. The number of para-hydroxylation sites is 1. The van der Waals surface area contributed by atoms with Crippen LogP contribution in [0.2, 0.25) is 0 Å². The van der Waals surface area contributed by atoms with Gasteiger partial charge in [0.25, 0.3) is 0 Å². The van der Waals surface area contributed by atoms with Crippen molar-refractivity contribution in [3.05, 3.63) is 200 Å². The molecule has 0 aliphatic carbocycles. The van der Waals surface area contributed by atoms with Crippen LogP contribution in [-0.4, -0.2) is 0 Å². The summed E-state index contributed by atoms with van der Waals surface area (Å²) in [6, 6.07) is 71.9. The molecule has 0 N–H and O–H groups in total. The highest BCUT2D eigenvalue weighted by atomic mass is 16.3. The lowest BCUT2D eigenvalue weighted by molar-refractivity contribution is 0.669. The van der Waals surface area contributed by atoms with Gasteiger partial charge in [-0.05, 0) is 97.9 Å². The number of benzene rings is 9. The minimum atomic E-state index is 0.862. The highest BCUT2D eigenvalue weighted by Gasteiger charge is 2.24. The van der Waals surface area contributed by atoms with Gasteiger partial charge in [-0.3, -0.25) is 0 Å². The van der Waals surface area contributed by atoms with Crippen LogP contribution in [-0.2, 0) is 0 Å². The number of rotatable bonds is 6. The van der Waals surface area contributed by atoms with E-state index in [1.54, 1.807) is 0 Å². The Labute approximate surface area is 302 Å². The topological polar surface area (TPSA) is 16.4 Å². The fraction of sp³-hybridized carbons (Fsp3) is 0. The summed E-state index contributed by atoms with van der Waals surface area (Å²) >= 11 is 0. The van der Waals surface area contributed by atoms with Gasteiger partial charge in [0.2, 0.25) is 0 Å². The van der Waals surface area contributed by atoms with Crippen molar-refractivity contribution in [1.29, 1.82) is 0 Å². The molecule has 0 spiro atoms. The van der Waals surface area contributed by atoms with Crippen molar-refractivity contribution in [2.75, 3.05) is 4.90 Å². The maximum Gasteiger partial charge on any atom is 0.137 e. The van der Waals surface area contributed by atoms with E-state index in [9.17, 15) is 0 Å². The van der Waals surface area contributed by atoms with E-state index in [0.717, 1.165) is 50.1 Å². The van der Waals surface area contributed by atoms with E-state index in [0.29, 0.717) is 0 Å². The first-order valence-corrected chi connectivity index (χ1v) is 17.8. The highest BCUT2D eigenvalue weighted by molar-refractivity contribution is 6.14. The number of fused-ring (bicyclic) bond motifs is 5. The van der Waals surface area contributed by atoms with Gasteiger partial charge in [0.1, 0.15) is 11.2 Å². The Morgan fingerprint density at radius 1 is 0.346 bits per heavy atom. The molecule has 2 heteroatoms. The molecule has 9 aromatic carbocycles. The summed E-state index contributed by atoms with van der Waals surface area (Å²) < 4.78 is 6.48. The molecule has 0 aliphatic rings. The van der Waals surface area contributed by atoms with Gasteiger partial charge in [-0.2, -0.15) is 0 Å². The SMILES string of the molecule is c1ccc(-c2cccc(N(c3cccc(-c4ccc5ccccc5c4)c3-c3ccc4ccccc4c3)c3cccc4oc5ccccc5c34)c2)cc1. The zero-order valence-corrected chi connectivity index (χ0v) is 28.4. The normalized spacial score (nSPS) is 11.5. The lowest BCUT2D eigenvalue weighted by Crippen LogP contribution is -2.12. The van der Waals surface area contributed by atoms with Crippen molar-refractivity contribution in [1.82, 2.24) is 0 Å². The molecule has 1 aromatic heterocycles. The first kappa shape index (κ1) is 30.0. The van der Waals surface area contributed by atoms with Crippen LogP contribution in [0.5, 0.6) is 0 Å². The molecule has 0 amide bonds. The Kier molecular flexibility index (Phi) is 7.18. The van der Waals surface area contributed by atoms with Gasteiger partial charge in [-0.1, -0.05) is 152 Å². The molecule has 0 saturated carbocycles. The summed E-state index contributed by atoms with van der Waals surface area (Å²) in [6.07, 6.45) is 0. The smallest absolute Gasteiger partial charge is 0.137 e. The highest BCUT2D eigenvalue weighted by Crippen LogP contribution is 2.49. The molecule has 0 atom stereocenters. The third-order valence-corrected chi connectivity index (χ3v) is 10.2. The zero-order chi connectivity index (χ0) is 34.4. The predicted molar refractivity (Wildman–Crippen MR) is 220 cm³/mol. The number of hydrogen-bond acceptors (Lipinski definition) is 2. The van der Waals surface area contributed by atoms with Gasteiger partial charge < -0.3 is 9.32 Å². The molecule has 52 heavy (non-hydrogen) atoms. The summed E-state index contributed by atoms with van der Waals surface area (Å²) in [6.45, 7) is 0. The second-order valence-electron chi connectivity index (χ2n) is 13.3. The number of hydrogen-bond donors (Lipinski definition) is 0. The molecule has 10 rings (SSSR count). The molecule has 1 heterocycles. The Morgan fingerprint density at radius 3 is 1.75 bits per heavy atom. The van der Waals surface area contributed by atoms with Crippen LogP contribution in [0.1, 0.15) is 0 Å². The Balaban J connectivity index is 1.31. The second kappa shape index (κ2) is 12.5. The molecule has 0 fully saturated rings. The van der Waals surface area contributed by atoms with Gasteiger partial charge in [-0.15, -0.1) is 0 Å². The fourth-order valence-electron chi connectivity index (χ4n) is 7.78. The van der Waals surface area contributed by atoms with Gasteiger partial charge in [0, 0.05) is 16.6 Å². The zero-order valence-electron chi connectivity index (χ0n) is 28.4. The largest absolute Gasteiger partial charge is 0.456 e. The predicted octanol–water partition coefficient (Wildman–Crippen LogP) is 14.4. The van der Waals surface area contributed by atoms with Crippen LogP contribution in [0.15, 0.2) is 205 Å². The Bertz CT molecular complexity index is 2920. The maximum absolute atomic E-state index is 6.48. The molecule has 0 unspecified atom stereocenters. The van der Waals surface area contributed by atoms with E-state index in [1.807, 2.05) is 6.07 Å². The summed E-state index contributed by atoms with van der Waals surface area (Å²) in [4.78, 5) is 2.44. The van der Waals surface area contributed by atoms with Crippen molar-refractivity contribution >= 4 is 60.5 Å². The van der Waals surface area contributed by atoms with Crippen LogP contribution < -0.4 is 4.90 Å². The summed E-state index contributed by atoms with van der Waals surface area (Å²) in [7, 11) is 0. The molecular weight excluding hydrogens is 631 g/mol. The molecule has 0 saturated heterocycles. The lowest BCUT2D eigenvalue weighted by Gasteiger charge is -2.30. The molecule has 10 aromatic rings. The molecule has 0 radical (unpaired) electrons. The quantitative estimate of drug-likeness (QED) is 0.176. The minimum Gasteiger partial charge on any atom is -0.456 e. The van der Waals surface area contributed by atoms with Gasteiger partial charge in [0.15, 0.2) is 0 Å². The number of furan rings is 1. The third kappa shape index (κ3) is 5.12. The number of nitrogens with zero attached hydrogens (tertiary/aromatic N) is 1. The molecule has 0 bridgehead atoms. The van der Waals surface area contributed by atoms with Crippen molar-refractivity contribution in [3.63, 3.8) is 0 Å². The van der Waals surface area contributed by atoms with E-state index in [4.69, 9.17) is 4.42 Å². The van der Waals surface area contributed by atoms with E-state index in [-0.39, 0.29) is 0 Å². The van der Waals surface area contributed by atoms with Crippen LogP contribution in [0.25, 0.3) is 76.9 Å². The first-order valence-electron chi connectivity index (χ1n) is 17.8. The van der Waals surface area contributed by atoms with Crippen molar-refractivity contribution in [3.8, 4) is 33.4 Å². The van der Waals surface area contributed by atoms with Crippen molar-refractivity contribution in [2.45, 2.75) is 0 Å². The Hall–Kier alpha value is -6.90. The first-order chi connectivity index (χ1) is 25.8. The summed E-state index contributed by atoms with van der Waals surface area (Å²) in [5.41, 5.74) is 12.0. The van der Waals surface area contributed by atoms with E-state index >= 15 is 0 Å². The van der Waals surface area contributed by atoms with Crippen molar-refractivity contribution < 1.29 is 4.42 Å². The lowest BCUT2D eigenvalue weighted by atomic mass is 9.90. The van der Waals surface area contributed by atoms with Crippen molar-refractivity contribution in [2.24, 2.45) is 0 Å². The van der Waals surface area contributed by atoms with E-state index < -0.39 is 0 Å². The van der Waals surface area contributed by atoms with Gasteiger partial charge in [-0.25, -0.2) is 0 Å². The summed E-state index contributed by atoms with van der Waals surface area (Å²) in [5.74, 6) is 0. The van der Waals surface area contributed by atoms with E-state index in [1.165, 1.54) is 43.8 Å². The third-order valence-electron chi connectivity index (χ3n) is 10.2. The minimum absolute atomic E-state index is 0.862. The maximum atomic E-state index is 6.48. The average Bonchev–Trinajstić information content (AvgIpc) is 3.60. The molecule has 2 nitrogen and oxygen atoms in total. The van der Waals surface area contributed by atoms with Gasteiger partial charge >= 0.3 is 0 Å². The fourth-order valence-corrected chi connectivity index (χ4v) is 7.78. The van der Waals surface area contributed by atoms with Crippen LogP contribution >= 0.6 is 0 Å². The number of anilines is 3. The van der Waals surface area contributed by atoms with Crippen LogP contribution in [0.3, 0.4) is 0 Å². The standard InChI is InChI=1S/C50H33NO/c1-2-13-34(14-3-1)39-19-10-20-42(33-39)51(46-24-12-26-48-50(46)44-21-8-9-25-47(44)52-48)45-23-11-22-43(40-29-27-35-15-4-6-17-37(35)31-40)49(45)41-30-28-36-16-5-7-18-38(36)32-41/h1-33H. The van der Waals surface area contributed by atoms with Crippen LogP contribution in [0.4, 0.5) is 17.1 Å². The van der Waals surface area contributed by atoms with E-state index in [2.05, 4.69) is 199 Å².